The van der Waals surface area contributed by atoms with Crippen molar-refractivity contribution in [2.24, 2.45) is 11.3 Å². The van der Waals surface area contributed by atoms with Crippen molar-refractivity contribution >= 4 is 0 Å². The highest BCUT2D eigenvalue weighted by molar-refractivity contribution is 5.33. The smallest absolute Gasteiger partial charge is 0.394 e. The van der Waals surface area contributed by atoms with Crippen LogP contribution in [-0.2, 0) is 18.9 Å². The summed E-state index contributed by atoms with van der Waals surface area (Å²) in [5.41, 5.74) is -2.74. The Labute approximate surface area is 197 Å². The molecule has 0 aromatic heterocycles. The summed E-state index contributed by atoms with van der Waals surface area (Å²) >= 11 is 0. The molecule has 1 aromatic carbocycles. The van der Waals surface area contributed by atoms with Crippen LogP contribution in [0.3, 0.4) is 0 Å². The SMILES string of the molecule is CC(C)[C@]1(CCNCc2cc(C(F)(F)F)cc(C(F)(F)F)c2)CCC(NC2(CO)CCCC2)C1. The fourth-order valence-electron chi connectivity index (χ4n) is 5.84. The molecule has 1 aromatic rings. The van der Waals surface area contributed by atoms with E-state index >= 15 is 0 Å². The van der Waals surface area contributed by atoms with Crippen LogP contribution in [0.2, 0.25) is 0 Å². The average molecular weight is 495 g/mol. The molecule has 0 spiro atoms. The van der Waals surface area contributed by atoms with Gasteiger partial charge in [0.2, 0.25) is 0 Å². The van der Waals surface area contributed by atoms with Crippen molar-refractivity contribution in [1.82, 2.24) is 10.6 Å². The van der Waals surface area contributed by atoms with Gasteiger partial charge < -0.3 is 15.7 Å². The lowest BCUT2D eigenvalue weighted by atomic mass is 9.73. The Morgan fingerprint density at radius 2 is 1.56 bits per heavy atom. The first-order valence-electron chi connectivity index (χ1n) is 12.2. The van der Waals surface area contributed by atoms with Crippen LogP contribution in [0.4, 0.5) is 26.3 Å². The molecular weight excluding hydrogens is 458 g/mol. The standard InChI is InChI=1S/C25H36F6N2O/c1-17(2)22(8-5-21(14-22)33-23(16-34)6-3-4-7-23)9-10-32-15-18-11-19(24(26,27)28)13-20(12-18)25(29,30)31/h11-13,17,21,32-34H,3-10,14-16H2,1-2H3/t21?,22-/m0/s1. The molecule has 34 heavy (non-hydrogen) atoms. The highest BCUT2D eigenvalue weighted by Crippen LogP contribution is 2.48. The predicted molar refractivity (Wildman–Crippen MR) is 119 cm³/mol. The van der Waals surface area contributed by atoms with E-state index in [0.29, 0.717) is 18.5 Å². The third kappa shape index (κ3) is 6.46. The minimum atomic E-state index is -4.84. The third-order valence-electron chi connectivity index (χ3n) is 8.02. The molecule has 194 valence electrons. The van der Waals surface area contributed by atoms with Gasteiger partial charge in [-0.2, -0.15) is 26.3 Å². The number of halogens is 6. The molecule has 9 heteroatoms. The second-order valence-electron chi connectivity index (χ2n) is 10.6. The summed E-state index contributed by atoms with van der Waals surface area (Å²) in [7, 11) is 0. The lowest BCUT2D eigenvalue weighted by Crippen LogP contribution is -2.50. The maximum Gasteiger partial charge on any atom is 0.416 e. The number of aliphatic hydroxyl groups is 1. The van der Waals surface area contributed by atoms with Crippen LogP contribution in [0.15, 0.2) is 18.2 Å². The highest BCUT2D eigenvalue weighted by atomic mass is 19.4. The van der Waals surface area contributed by atoms with Crippen molar-refractivity contribution in [2.45, 2.75) is 95.7 Å². The van der Waals surface area contributed by atoms with E-state index in [1.165, 1.54) is 0 Å². The zero-order chi connectivity index (χ0) is 25.2. The molecule has 3 rings (SSSR count). The molecule has 2 atom stereocenters. The first-order valence-corrected chi connectivity index (χ1v) is 12.2. The monoisotopic (exact) mass is 494 g/mol. The normalized spacial score (nSPS) is 25.4. The Kier molecular flexibility index (Phi) is 8.30. The third-order valence-corrected chi connectivity index (χ3v) is 8.02. The van der Waals surface area contributed by atoms with Gasteiger partial charge in [-0.15, -0.1) is 0 Å². The summed E-state index contributed by atoms with van der Waals surface area (Å²) in [4.78, 5) is 0. The van der Waals surface area contributed by atoms with Gasteiger partial charge in [0.15, 0.2) is 0 Å². The van der Waals surface area contributed by atoms with Gasteiger partial charge in [-0.05, 0) is 80.2 Å². The largest absolute Gasteiger partial charge is 0.416 e. The molecule has 0 saturated heterocycles. The first kappa shape index (κ1) is 27.3. The molecule has 3 N–H and O–H groups in total. The Morgan fingerprint density at radius 3 is 2.06 bits per heavy atom. The van der Waals surface area contributed by atoms with Crippen molar-refractivity contribution in [3.8, 4) is 0 Å². The Morgan fingerprint density at radius 1 is 0.971 bits per heavy atom. The van der Waals surface area contributed by atoms with Gasteiger partial charge >= 0.3 is 12.4 Å². The Bertz CT molecular complexity index is 784. The molecule has 0 aliphatic heterocycles. The fourth-order valence-corrected chi connectivity index (χ4v) is 5.84. The van der Waals surface area contributed by atoms with Crippen molar-refractivity contribution in [1.29, 1.82) is 0 Å². The molecule has 2 aliphatic rings. The second-order valence-corrected chi connectivity index (χ2v) is 10.6. The molecule has 0 bridgehead atoms. The van der Waals surface area contributed by atoms with Gasteiger partial charge in [-0.1, -0.05) is 26.7 Å². The molecule has 0 amide bonds. The lowest BCUT2D eigenvalue weighted by molar-refractivity contribution is -0.143. The lowest BCUT2D eigenvalue weighted by Gasteiger charge is -2.36. The van der Waals surface area contributed by atoms with Crippen LogP contribution < -0.4 is 10.6 Å². The van der Waals surface area contributed by atoms with Gasteiger partial charge in [0.25, 0.3) is 0 Å². The van der Waals surface area contributed by atoms with Crippen LogP contribution in [0.5, 0.6) is 0 Å². The summed E-state index contributed by atoms with van der Waals surface area (Å²) in [5.74, 6) is 0.389. The zero-order valence-corrected chi connectivity index (χ0v) is 19.9. The molecule has 0 heterocycles. The Balaban J connectivity index is 1.60. The first-order chi connectivity index (χ1) is 15.8. The summed E-state index contributed by atoms with van der Waals surface area (Å²) in [6.45, 7) is 4.92. The van der Waals surface area contributed by atoms with Crippen LogP contribution in [0, 0.1) is 11.3 Å². The van der Waals surface area contributed by atoms with Gasteiger partial charge in [-0.25, -0.2) is 0 Å². The van der Waals surface area contributed by atoms with Crippen molar-refractivity contribution < 1.29 is 31.4 Å². The second kappa shape index (κ2) is 10.3. The predicted octanol–water partition coefficient (Wildman–Crippen LogP) is 6.29. The minimum absolute atomic E-state index is 0.0298. The van der Waals surface area contributed by atoms with Gasteiger partial charge in [-0.3, -0.25) is 0 Å². The maximum absolute atomic E-state index is 13.1. The summed E-state index contributed by atoms with van der Waals surface area (Å²) in [5, 5.41) is 16.7. The highest BCUT2D eigenvalue weighted by Gasteiger charge is 2.44. The van der Waals surface area contributed by atoms with Crippen molar-refractivity contribution in [3.63, 3.8) is 0 Å². The van der Waals surface area contributed by atoms with Crippen LogP contribution in [-0.4, -0.2) is 29.8 Å². The number of aliphatic hydroxyl groups excluding tert-OH is 1. The minimum Gasteiger partial charge on any atom is -0.394 e. The van der Waals surface area contributed by atoms with Crippen molar-refractivity contribution in [2.75, 3.05) is 13.2 Å². The summed E-state index contributed by atoms with van der Waals surface area (Å²) < 4.78 is 78.6. The van der Waals surface area contributed by atoms with E-state index in [0.717, 1.165) is 63.5 Å². The Hall–Kier alpha value is -1.32. The van der Waals surface area contributed by atoms with E-state index in [1.54, 1.807) is 0 Å². The van der Waals surface area contributed by atoms with E-state index in [9.17, 15) is 31.4 Å². The zero-order valence-electron chi connectivity index (χ0n) is 19.9. The number of nitrogens with one attached hydrogen (secondary N) is 2. The fraction of sp³-hybridized carbons (Fsp3) is 0.760. The molecule has 0 radical (unpaired) electrons. The molecule has 3 nitrogen and oxygen atoms in total. The van der Waals surface area contributed by atoms with Gasteiger partial charge in [0, 0.05) is 18.1 Å². The van der Waals surface area contributed by atoms with Crippen LogP contribution in [0.1, 0.15) is 81.9 Å². The average Bonchev–Trinajstić information content (AvgIpc) is 3.38. The van der Waals surface area contributed by atoms with E-state index < -0.39 is 23.5 Å². The van der Waals surface area contributed by atoms with Gasteiger partial charge in [0.05, 0.1) is 17.7 Å². The molecular formula is C25H36F6N2O. The quantitative estimate of drug-likeness (QED) is 0.279. The molecule has 1 unspecified atom stereocenters. The molecule has 2 saturated carbocycles. The number of hydrogen-bond donors (Lipinski definition) is 3. The van der Waals surface area contributed by atoms with E-state index in [2.05, 4.69) is 24.5 Å². The number of hydrogen-bond acceptors (Lipinski definition) is 3. The van der Waals surface area contributed by atoms with E-state index in [4.69, 9.17) is 0 Å². The van der Waals surface area contributed by atoms with Gasteiger partial charge in [0.1, 0.15) is 0 Å². The number of rotatable bonds is 9. The number of alkyl halides is 6. The number of benzene rings is 1. The topological polar surface area (TPSA) is 44.3 Å². The summed E-state index contributed by atoms with van der Waals surface area (Å²) in [6, 6.07) is 2.04. The maximum atomic E-state index is 13.1. The van der Waals surface area contributed by atoms with Crippen molar-refractivity contribution in [3.05, 3.63) is 34.9 Å². The molecule has 2 aliphatic carbocycles. The van der Waals surface area contributed by atoms with E-state index in [-0.39, 0.29) is 35.7 Å². The summed E-state index contributed by atoms with van der Waals surface area (Å²) in [6.07, 6.45) is -1.73. The molecule has 2 fully saturated rings. The van der Waals surface area contributed by atoms with E-state index in [1.807, 2.05) is 0 Å². The van der Waals surface area contributed by atoms with Crippen LogP contribution in [0.25, 0.3) is 0 Å². The van der Waals surface area contributed by atoms with Crippen LogP contribution >= 0.6 is 0 Å².